The first-order valence-corrected chi connectivity index (χ1v) is 11.4. The van der Waals surface area contributed by atoms with Crippen molar-refractivity contribution >= 4 is 50.0 Å². The van der Waals surface area contributed by atoms with Crippen molar-refractivity contribution in [1.82, 2.24) is 14.4 Å². The van der Waals surface area contributed by atoms with Crippen LogP contribution < -0.4 is 10.9 Å². The number of rotatable bonds is 5. The highest BCUT2D eigenvalue weighted by Crippen LogP contribution is 2.27. The Bertz CT molecular complexity index is 1750. The van der Waals surface area contributed by atoms with E-state index in [0.29, 0.717) is 28.7 Å². The standard InChI is InChI=1S/C28H22N4O2/c33-25(12-6-9-18-7-2-1-3-8-18)29-19-13-14-24-22(17-19)28(34)32-16-15-21-20-10-4-5-11-23(20)30-26(21)27(32)31-24/h1-5,7-8,10-11,13-17,30H,6,9,12H2,(H,29,33). The van der Waals surface area contributed by atoms with Crippen LogP contribution in [-0.2, 0) is 11.2 Å². The van der Waals surface area contributed by atoms with Crippen LogP contribution in [0.25, 0.3) is 38.4 Å². The lowest BCUT2D eigenvalue weighted by molar-refractivity contribution is -0.116. The number of hydrogen-bond acceptors (Lipinski definition) is 3. The van der Waals surface area contributed by atoms with Crippen LogP contribution in [0.2, 0.25) is 0 Å². The smallest absolute Gasteiger partial charge is 0.265 e. The Morgan fingerprint density at radius 3 is 2.62 bits per heavy atom. The number of hydrogen-bond donors (Lipinski definition) is 2. The topological polar surface area (TPSA) is 79.3 Å². The van der Waals surface area contributed by atoms with E-state index < -0.39 is 0 Å². The zero-order valence-electron chi connectivity index (χ0n) is 18.4. The van der Waals surface area contributed by atoms with Crippen LogP contribution >= 0.6 is 0 Å². The molecule has 1 amide bonds. The van der Waals surface area contributed by atoms with Crippen molar-refractivity contribution in [2.45, 2.75) is 19.3 Å². The van der Waals surface area contributed by atoms with E-state index in [1.54, 1.807) is 28.8 Å². The summed E-state index contributed by atoms with van der Waals surface area (Å²) in [5.41, 5.74) is 4.67. The maximum atomic E-state index is 13.3. The monoisotopic (exact) mass is 446 g/mol. The highest BCUT2D eigenvalue weighted by atomic mass is 16.1. The first-order chi connectivity index (χ1) is 16.7. The number of para-hydroxylation sites is 1. The fraction of sp³-hybridized carbons (Fsp3) is 0.107. The summed E-state index contributed by atoms with van der Waals surface area (Å²) in [6.07, 6.45) is 3.80. The molecule has 3 heterocycles. The maximum Gasteiger partial charge on any atom is 0.265 e. The van der Waals surface area contributed by atoms with E-state index >= 15 is 0 Å². The number of pyridine rings is 1. The lowest BCUT2D eigenvalue weighted by Gasteiger charge is -2.08. The summed E-state index contributed by atoms with van der Waals surface area (Å²) in [7, 11) is 0. The Labute approximate surface area is 194 Å². The molecule has 0 saturated heterocycles. The number of nitrogens with one attached hydrogen (secondary N) is 2. The fourth-order valence-electron chi connectivity index (χ4n) is 4.57. The number of nitrogens with zero attached hydrogens (tertiary/aromatic N) is 2. The number of aromatic nitrogens is 3. The van der Waals surface area contributed by atoms with Gasteiger partial charge in [-0.2, -0.15) is 0 Å². The molecular formula is C28H22N4O2. The Kier molecular flexibility index (Phi) is 4.84. The summed E-state index contributed by atoms with van der Waals surface area (Å²) in [4.78, 5) is 34.0. The van der Waals surface area contributed by atoms with Gasteiger partial charge in [-0.25, -0.2) is 4.98 Å². The molecule has 0 aliphatic carbocycles. The van der Waals surface area contributed by atoms with Crippen LogP contribution in [0.1, 0.15) is 18.4 Å². The van der Waals surface area contributed by atoms with Crippen molar-refractivity contribution in [2.75, 3.05) is 5.32 Å². The van der Waals surface area contributed by atoms with E-state index in [0.717, 1.165) is 34.6 Å². The molecule has 0 saturated carbocycles. The van der Waals surface area contributed by atoms with Crippen molar-refractivity contribution in [3.05, 3.63) is 101 Å². The molecule has 3 aromatic carbocycles. The summed E-state index contributed by atoms with van der Waals surface area (Å²) in [6.45, 7) is 0. The molecule has 0 spiro atoms. The molecular weight excluding hydrogens is 424 g/mol. The summed E-state index contributed by atoms with van der Waals surface area (Å²) in [6, 6.07) is 25.4. The number of carbonyl (C=O) groups is 1. The highest BCUT2D eigenvalue weighted by molar-refractivity contribution is 6.11. The highest BCUT2D eigenvalue weighted by Gasteiger charge is 2.13. The molecule has 6 rings (SSSR count). The van der Waals surface area contributed by atoms with Gasteiger partial charge in [-0.15, -0.1) is 0 Å². The second-order valence-corrected chi connectivity index (χ2v) is 8.50. The molecule has 0 atom stereocenters. The van der Waals surface area contributed by atoms with Crippen LogP contribution in [0.15, 0.2) is 89.9 Å². The summed E-state index contributed by atoms with van der Waals surface area (Å²) in [5, 5.41) is 5.52. The van der Waals surface area contributed by atoms with Crippen LogP contribution in [-0.4, -0.2) is 20.3 Å². The minimum absolute atomic E-state index is 0.0658. The van der Waals surface area contributed by atoms with Gasteiger partial charge in [-0.05, 0) is 48.7 Å². The number of anilines is 1. The number of benzene rings is 3. The Hall–Kier alpha value is -4.45. The van der Waals surface area contributed by atoms with Gasteiger partial charge in [0.05, 0.1) is 16.4 Å². The molecule has 34 heavy (non-hydrogen) atoms. The van der Waals surface area contributed by atoms with Gasteiger partial charge in [0.25, 0.3) is 5.56 Å². The van der Waals surface area contributed by atoms with Crippen LogP contribution in [0, 0.1) is 0 Å². The number of carbonyl (C=O) groups excluding carboxylic acids is 1. The van der Waals surface area contributed by atoms with Crippen molar-refractivity contribution < 1.29 is 4.79 Å². The van der Waals surface area contributed by atoms with Gasteiger partial charge < -0.3 is 10.3 Å². The number of amides is 1. The molecule has 2 N–H and O–H groups in total. The fourth-order valence-corrected chi connectivity index (χ4v) is 4.57. The number of aryl methyl sites for hydroxylation is 1. The molecule has 6 aromatic rings. The number of H-pyrrole nitrogens is 1. The molecule has 0 aliphatic rings. The predicted octanol–water partition coefficient (Wildman–Crippen LogP) is 5.44. The molecule has 166 valence electrons. The first-order valence-electron chi connectivity index (χ1n) is 11.4. The van der Waals surface area contributed by atoms with E-state index in [9.17, 15) is 9.59 Å². The van der Waals surface area contributed by atoms with Gasteiger partial charge in [0, 0.05) is 34.6 Å². The van der Waals surface area contributed by atoms with Gasteiger partial charge >= 0.3 is 0 Å². The lowest BCUT2D eigenvalue weighted by atomic mass is 10.1. The minimum atomic E-state index is -0.166. The number of aromatic amines is 1. The molecule has 0 bridgehead atoms. The largest absolute Gasteiger partial charge is 0.351 e. The normalized spacial score (nSPS) is 11.5. The van der Waals surface area contributed by atoms with Gasteiger partial charge in [0.15, 0.2) is 5.65 Å². The third kappa shape index (κ3) is 3.49. The van der Waals surface area contributed by atoms with Gasteiger partial charge in [-0.3, -0.25) is 14.0 Å². The van der Waals surface area contributed by atoms with E-state index in [-0.39, 0.29) is 11.5 Å². The van der Waals surface area contributed by atoms with Gasteiger partial charge in [0.2, 0.25) is 5.91 Å². The molecule has 0 unspecified atom stereocenters. The molecule has 0 aliphatic heterocycles. The van der Waals surface area contributed by atoms with E-state index in [4.69, 9.17) is 4.98 Å². The zero-order chi connectivity index (χ0) is 23.1. The predicted molar refractivity (Wildman–Crippen MR) is 136 cm³/mol. The first kappa shape index (κ1) is 20.2. The van der Waals surface area contributed by atoms with Crippen molar-refractivity contribution in [1.29, 1.82) is 0 Å². The SMILES string of the molecule is O=C(CCCc1ccccc1)Nc1ccc2nc3c4[nH]c5ccccc5c4ccn3c(=O)c2c1. The second-order valence-electron chi connectivity index (χ2n) is 8.50. The molecule has 6 nitrogen and oxygen atoms in total. The minimum Gasteiger partial charge on any atom is -0.351 e. The quantitative estimate of drug-likeness (QED) is 0.346. The third-order valence-corrected chi connectivity index (χ3v) is 6.26. The van der Waals surface area contributed by atoms with E-state index in [2.05, 4.69) is 28.5 Å². The third-order valence-electron chi connectivity index (χ3n) is 6.26. The van der Waals surface area contributed by atoms with E-state index in [1.165, 1.54) is 5.56 Å². The van der Waals surface area contributed by atoms with Crippen LogP contribution in [0.3, 0.4) is 0 Å². The van der Waals surface area contributed by atoms with Crippen LogP contribution in [0.5, 0.6) is 0 Å². The molecule has 0 radical (unpaired) electrons. The lowest BCUT2D eigenvalue weighted by Crippen LogP contribution is -2.16. The summed E-state index contributed by atoms with van der Waals surface area (Å²) < 4.78 is 1.56. The average molecular weight is 447 g/mol. The molecule has 3 aromatic heterocycles. The van der Waals surface area contributed by atoms with Crippen molar-refractivity contribution in [3.8, 4) is 0 Å². The molecule has 6 heteroatoms. The number of fused-ring (bicyclic) bond motifs is 6. The van der Waals surface area contributed by atoms with Gasteiger partial charge in [-0.1, -0.05) is 48.5 Å². The average Bonchev–Trinajstić information content (AvgIpc) is 3.24. The van der Waals surface area contributed by atoms with E-state index in [1.807, 2.05) is 42.5 Å². The maximum absolute atomic E-state index is 13.3. The van der Waals surface area contributed by atoms with Crippen molar-refractivity contribution in [2.24, 2.45) is 0 Å². The Balaban J connectivity index is 1.30. The van der Waals surface area contributed by atoms with Crippen molar-refractivity contribution in [3.63, 3.8) is 0 Å². The second kappa shape index (κ2) is 8.15. The Morgan fingerprint density at radius 1 is 0.912 bits per heavy atom. The summed E-state index contributed by atoms with van der Waals surface area (Å²) >= 11 is 0. The van der Waals surface area contributed by atoms with Crippen LogP contribution in [0.4, 0.5) is 5.69 Å². The zero-order valence-corrected chi connectivity index (χ0v) is 18.4. The Morgan fingerprint density at radius 2 is 1.74 bits per heavy atom. The van der Waals surface area contributed by atoms with Gasteiger partial charge in [0.1, 0.15) is 0 Å². The molecule has 0 fully saturated rings. The summed E-state index contributed by atoms with van der Waals surface area (Å²) in [5.74, 6) is -0.0658.